The summed E-state index contributed by atoms with van der Waals surface area (Å²) in [4.78, 5) is 18.1. The summed E-state index contributed by atoms with van der Waals surface area (Å²) in [5, 5.41) is 0. The molecule has 0 aliphatic carbocycles. The van der Waals surface area contributed by atoms with Gasteiger partial charge < -0.3 is 9.64 Å². The van der Waals surface area contributed by atoms with Crippen LogP contribution in [0.1, 0.15) is 11.3 Å². The van der Waals surface area contributed by atoms with Gasteiger partial charge in [0.2, 0.25) is 0 Å². The van der Waals surface area contributed by atoms with Crippen LogP contribution in [0.4, 0.5) is 4.79 Å². The Morgan fingerprint density at radius 3 is 3.00 bits per heavy atom. The van der Waals surface area contributed by atoms with Crippen molar-refractivity contribution in [3.63, 3.8) is 0 Å². The van der Waals surface area contributed by atoms with Crippen LogP contribution in [0.2, 0.25) is 25.7 Å². The van der Waals surface area contributed by atoms with Crippen LogP contribution in [-0.4, -0.2) is 37.2 Å². The van der Waals surface area contributed by atoms with Crippen molar-refractivity contribution in [3.05, 3.63) is 29.6 Å². The molecule has 1 amide bonds. The summed E-state index contributed by atoms with van der Waals surface area (Å²) >= 11 is 0. The molecular formula is C14H22N2O2Si. The second-order valence-electron chi connectivity index (χ2n) is 6.21. The molecular weight excluding hydrogens is 256 g/mol. The van der Waals surface area contributed by atoms with E-state index >= 15 is 0 Å². The highest BCUT2D eigenvalue weighted by molar-refractivity contribution is 6.76. The standard InChI is InChI=1S/C14H22N2O2Si/c1-19(2,3)10-9-18-14(17)16-8-6-12-5-4-7-15-13(12)11-16/h4-5,7H,6,8-11H2,1-3H3. The van der Waals surface area contributed by atoms with E-state index in [1.54, 1.807) is 11.1 Å². The van der Waals surface area contributed by atoms with E-state index in [9.17, 15) is 4.79 Å². The third-order valence-electron chi connectivity index (χ3n) is 3.31. The molecule has 4 nitrogen and oxygen atoms in total. The SMILES string of the molecule is C[Si](C)(C)CCOC(=O)N1CCc2cccnc2C1. The first kappa shape index (κ1) is 14.1. The van der Waals surface area contributed by atoms with Crippen molar-refractivity contribution in [2.75, 3.05) is 13.2 Å². The second kappa shape index (κ2) is 5.73. The molecule has 0 unspecified atom stereocenters. The van der Waals surface area contributed by atoms with Gasteiger partial charge in [0.1, 0.15) is 0 Å². The highest BCUT2D eigenvalue weighted by Crippen LogP contribution is 2.17. The largest absolute Gasteiger partial charge is 0.450 e. The number of ether oxygens (including phenoxy) is 1. The minimum atomic E-state index is -1.14. The normalized spacial score (nSPS) is 15.0. The molecule has 0 bridgehead atoms. The molecule has 0 saturated carbocycles. The molecule has 0 N–H and O–H groups in total. The molecule has 0 spiro atoms. The molecule has 0 fully saturated rings. The summed E-state index contributed by atoms with van der Waals surface area (Å²) in [6.45, 7) is 8.68. The summed E-state index contributed by atoms with van der Waals surface area (Å²) in [5.41, 5.74) is 2.24. The highest BCUT2D eigenvalue weighted by Gasteiger charge is 2.23. The Morgan fingerprint density at radius 1 is 1.47 bits per heavy atom. The van der Waals surface area contributed by atoms with Crippen LogP contribution >= 0.6 is 0 Å². The van der Waals surface area contributed by atoms with Gasteiger partial charge in [0, 0.05) is 20.8 Å². The number of hydrogen-bond donors (Lipinski definition) is 0. The van der Waals surface area contributed by atoms with E-state index < -0.39 is 8.07 Å². The molecule has 0 saturated heterocycles. The molecule has 1 aromatic heterocycles. The van der Waals surface area contributed by atoms with Gasteiger partial charge in [-0.05, 0) is 24.1 Å². The lowest BCUT2D eigenvalue weighted by atomic mass is 10.1. The van der Waals surface area contributed by atoms with Crippen molar-refractivity contribution in [1.82, 2.24) is 9.88 Å². The second-order valence-corrected chi connectivity index (χ2v) is 11.8. The monoisotopic (exact) mass is 278 g/mol. The van der Waals surface area contributed by atoms with E-state index in [1.807, 2.05) is 6.07 Å². The van der Waals surface area contributed by atoms with Gasteiger partial charge in [0.05, 0.1) is 18.8 Å². The number of carbonyl (C=O) groups is 1. The smallest absolute Gasteiger partial charge is 0.410 e. The first-order valence-corrected chi connectivity index (χ1v) is 10.5. The molecule has 104 valence electrons. The van der Waals surface area contributed by atoms with E-state index in [0.29, 0.717) is 13.2 Å². The van der Waals surface area contributed by atoms with E-state index in [1.165, 1.54) is 5.56 Å². The van der Waals surface area contributed by atoms with Crippen molar-refractivity contribution >= 4 is 14.2 Å². The fourth-order valence-electron chi connectivity index (χ4n) is 2.05. The van der Waals surface area contributed by atoms with Crippen LogP contribution in [0.5, 0.6) is 0 Å². The van der Waals surface area contributed by atoms with E-state index in [-0.39, 0.29) is 6.09 Å². The van der Waals surface area contributed by atoms with Gasteiger partial charge in [-0.25, -0.2) is 4.79 Å². The van der Waals surface area contributed by atoms with Crippen LogP contribution in [0.25, 0.3) is 0 Å². The molecule has 1 aromatic rings. The molecule has 2 rings (SSSR count). The minimum Gasteiger partial charge on any atom is -0.450 e. The molecule has 1 aliphatic heterocycles. The Kier molecular flexibility index (Phi) is 4.24. The quantitative estimate of drug-likeness (QED) is 0.798. The average molecular weight is 278 g/mol. The van der Waals surface area contributed by atoms with Crippen molar-refractivity contribution in [1.29, 1.82) is 0 Å². The first-order chi connectivity index (χ1) is 8.96. The summed E-state index contributed by atoms with van der Waals surface area (Å²) in [6, 6.07) is 5.04. The highest BCUT2D eigenvalue weighted by atomic mass is 28.3. The zero-order valence-electron chi connectivity index (χ0n) is 12.0. The maximum absolute atomic E-state index is 12.0. The number of amides is 1. The Bertz CT molecular complexity index is 457. The van der Waals surface area contributed by atoms with E-state index in [0.717, 1.165) is 24.7 Å². The van der Waals surface area contributed by atoms with Gasteiger partial charge in [-0.2, -0.15) is 0 Å². The number of nitrogens with zero attached hydrogens (tertiary/aromatic N) is 2. The number of carbonyl (C=O) groups excluding carboxylic acids is 1. The first-order valence-electron chi connectivity index (χ1n) is 6.80. The molecule has 0 aromatic carbocycles. The molecule has 2 heterocycles. The predicted octanol–water partition coefficient (Wildman–Crippen LogP) is 2.91. The van der Waals surface area contributed by atoms with Crippen LogP contribution in [0.15, 0.2) is 18.3 Å². The number of rotatable bonds is 3. The summed E-state index contributed by atoms with van der Waals surface area (Å²) < 4.78 is 5.37. The lowest BCUT2D eigenvalue weighted by Gasteiger charge is -2.27. The van der Waals surface area contributed by atoms with Gasteiger partial charge in [0.25, 0.3) is 0 Å². The van der Waals surface area contributed by atoms with Crippen LogP contribution < -0.4 is 0 Å². The Balaban J connectivity index is 1.85. The van der Waals surface area contributed by atoms with Crippen molar-refractivity contribution in [3.8, 4) is 0 Å². The summed E-state index contributed by atoms with van der Waals surface area (Å²) in [6.07, 6.45) is 2.44. The summed E-state index contributed by atoms with van der Waals surface area (Å²) in [5.74, 6) is 0. The van der Waals surface area contributed by atoms with Crippen LogP contribution in [-0.2, 0) is 17.7 Å². The van der Waals surface area contributed by atoms with Gasteiger partial charge in [-0.3, -0.25) is 4.98 Å². The molecule has 0 radical (unpaired) electrons. The maximum atomic E-state index is 12.0. The molecule has 19 heavy (non-hydrogen) atoms. The number of fused-ring (bicyclic) bond motifs is 1. The predicted molar refractivity (Wildman–Crippen MR) is 77.9 cm³/mol. The Morgan fingerprint density at radius 2 is 2.26 bits per heavy atom. The lowest BCUT2D eigenvalue weighted by molar-refractivity contribution is 0.102. The molecule has 0 atom stereocenters. The van der Waals surface area contributed by atoms with Gasteiger partial charge in [-0.15, -0.1) is 0 Å². The summed E-state index contributed by atoms with van der Waals surface area (Å²) in [7, 11) is -1.14. The van der Waals surface area contributed by atoms with Crippen LogP contribution in [0.3, 0.4) is 0 Å². The Labute approximate surface area is 115 Å². The fraction of sp³-hybridized carbons (Fsp3) is 0.571. The van der Waals surface area contributed by atoms with Gasteiger partial charge in [0.15, 0.2) is 0 Å². The maximum Gasteiger partial charge on any atom is 0.410 e. The Hall–Kier alpha value is -1.36. The van der Waals surface area contributed by atoms with E-state index in [2.05, 4.69) is 30.7 Å². The zero-order valence-corrected chi connectivity index (χ0v) is 13.0. The molecule has 1 aliphatic rings. The van der Waals surface area contributed by atoms with Crippen molar-refractivity contribution in [2.24, 2.45) is 0 Å². The minimum absolute atomic E-state index is 0.199. The third kappa shape index (κ3) is 4.06. The van der Waals surface area contributed by atoms with E-state index in [4.69, 9.17) is 4.74 Å². The topological polar surface area (TPSA) is 42.4 Å². The van der Waals surface area contributed by atoms with Crippen molar-refractivity contribution < 1.29 is 9.53 Å². The van der Waals surface area contributed by atoms with Gasteiger partial charge in [-0.1, -0.05) is 25.7 Å². The molecule has 5 heteroatoms. The average Bonchev–Trinajstić information content (AvgIpc) is 2.36. The number of aromatic nitrogens is 1. The number of pyridine rings is 1. The lowest BCUT2D eigenvalue weighted by Crippen LogP contribution is -2.37. The fourth-order valence-corrected chi connectivity index (χ4v) is 2.76. The van der Waals surface area contributed by atoms with Gasteiger partial charge >= 0.3 is 6.09 Å². The van der Waals surface area contributed by atoms with Crippen LogP contribution in [0, 0.1) is 0 Å². The van der Waals surface area contributed by atoms with Crippen molar-refractivity contribution in [2.45, 2.75) is 38.7 Å². The third-order valence-corrected chi connectivity index (χ3v) is 5.02. The zero-order chi connectivity index (χ0) is 13.9. The number of hydrogen-bond acceptors (Lipinski definition) is 3.